The van der Waals surface area contributed by atoms with E-state index in [9.17, 15) is 22.8 Å². The van der Waals surface area contributed by atoms with E-state index in [0.717, 1.165) is 70.9 Å². The van der Waals surface area contributed by atoms with Gasteiger partial charge < -0.3 is 33.3 Å². The lowest BCUT2D eigenvalue weighted by molar-refractivity contribution is -0.192. The molecule has 8 aromatic rings. The Hall–Kier alpha value is -6.76. The first-order valence-electron chi connectivity index (χ1n) is 26.6. The zero-order valence-corrected chi connectivity index (χ0v) is 47.4. The molecule has 0 aromatic carbocycles. The van der Waals surface area contributed by atoms with E-state index in [2.05, 4.69) is 47.2 Å². The van der Waals surface area contributed by atoms with Crippen molar-refractivity contribution >= 4 is 73.2 Å². The van der Waals surface area contributed by atoms with Gasteiger partial charge in [0.05, 0.1) is 59.0 Å². The summed E-state index contributed by atoms with van der Waals surface area (Å²) in [6.45, 7) is 18.6. The molecule has 3 aliphatic heterocycles. The van der Waals surface area contributed by atoms with Gasteiger partial charge in [0.25, 0.3) is 0 Å². The highest BCUT2D eigenvalue weighted by Gasteiger charge is 2.52. The molecule has 8 aromatic heterocycles. The summed E-state index contributed by atoms with van der Waals surface area (Å²) in [6, 6.07) is 4.28. The molecule has 0 atom stereocenters. The molecule has 79 heavy (non-hydrogen) atoms. The first-order valence-corrected chi connectivity index (χ1v) is 28.4. The lowest BCUT2D eigenvalue weighted by Crippen LogP contribution is -2.41. The maximum absolute atomic E-state index is 12.4. The number of halogens is 3. The number of aryl methyl sites for hydroxylation is 3. The fraction of sp³-hybridized carbons (Fsp3) is 0.473. The van der Waals surface area contributed by atoms with Gasteiger partial charge >= 0.3 is 19.3 Å². The fourth-order valence-corrected chi connectivity index (χ4v) is 11.9. The summed E-state index contributed by atoms with van der Waals surface area (Å²) in [5.74, 6) is 1.27. The monoisotopic (exact) mass is 1120 g/mol. The summed E-state index contributed by atoms with van der Waals surface area (Å²) in [5, 5.41) is 22.2. The molecule has 13 rings (SSSR count). The van der Waals surface area contributed by atoms with Crippen LogP contribution in [0.25, 0.3) is 53.9 Å². The standard InChI is InChI=1S/C23H24N6OS.C20H22N4OS.C10H17BN2O2.C2HF3O2/c1-3-21(30)28-6-7-29-19(12-28)22(26-23(29)14-4-5-14)17-13-31-20-8-18(24-10-16(17)20)15-9-25-27(2)11-15;1-3-18(25)23-6-7-24-16(10-23)19(22-20(24)13-4-5-13)15-11-26-17-8-12(2)21-9-14(15)17;1-9(2)10(3,4)15-11(14-9)8-6-12-13(5)7-8;3-2(4,5)1(6)7/h8-11,13-14H,3-7,12H2,1-2H3;8-9,11,13H,3-7,10H2,1-2H3;6-7H,1-5H3;(H,6,7). The van der Waals surface area contributed by atoms with Crippen molar-refractivity contribution < 1.29 is 42.0 Å². The van der Waals surface area contributed by atoms with Crippen LogP contribution in [0.2, 0.25) is 0 Å². The highest BCUT2D eigenvalue weighted by molar-refractivity contribution is 7.18. The Balaban J connectivity index is 0.000000132. The number of hydrogen-bond donors (Lipinski definition) is 1. The van der Waals surface area contributed by atoms with Crippen LogP contribution in [-0.4, -0.2) is 119 Å². The number of nitrogens with zero attached hydrogens (tertiary/aromatic N) is 12. The summed E-state index contributed by atoms with van der Waals surface area (Å²) >= 11 is 3.47. The third kappa shape index (κ3) is 11.5. The predicted molar refractivity (Wildman–Crippen MR) is 297 cm³/mol. The molecule has 18 nitrogen and oxygen atoms in total. The van der Waals surface area contributed by atoms with Gasteiger partial charge in [-0.25, -0.2) is 14.8 Å². The SMILES string of the molecule is CCC(=O)N1CCn2c(C3CC3)nc(-c3csc4cc(-c5cnn(C)c5)ncc34)c2C1.CCC(=O)N1CCn2c(C3CC3)nc(-c3csc4cc(C)ncc34)c2C1.Cn1cc(B2OC(C)(C)C(C)(C)O2)cn1.O=C(O)C(F)(F)F. The summed E-state index contributed by atoms with van der Waals surface area (Å²) < 4.78 is 54.3. The Kier molecular flexibility index (Phi) is 15.3. The van der Waals surface area contributed by atoms with Crippen molar-refractivity contribution in [2.75, 3.05) is 13.1 Å². The van der Waals surface area contributed by atoms with Gasteiger partial charge in [-0.2, -0.15) is 23.4 Å². The van der Waals surface area contributed by atoms with Gasteiger partial charge in [-0.15, -0.1) is 22.7 Å². The van der Waals surface area contributed by atoms with Crippen molar-refractivity contribution in [1.29, 1.82) is 0 Å². The highest BCUT2D eigenvalue weighted by Crippen LogP contribution is 2.46. The van der Waals surface area contributed by atoms with Crippen LogP contribution in [0.3, 0.4) is 0 Å². The van der Waals surface area contributed by atoms with Crippen molar-refractivity contribution in [3.8, 4) is 33.8 Å². The zero-order valence-electron chi connectivity index (χ0n) is 45.8. The van der Waals surface area contributed by atoms with Crippen LogP contribution in [0.1, 0.15) is 121 Å². The number of carbonyl (C=O) groups is 3. The van der Waals surface area contributed by atoms with Gasteiger partial charge in [0, 0.05) is 155 Å². The van der Waals surface area contributed by atoms with E-state index in [0.29, 0.717) is 37.8 Å². The van der Waals surface area contributed by atoms with E-state index in [4.69, 9.17) is 34.2 Å². The third-order valence-electron chi connectivity index (χ3n) is 15.3. The van der Waals surface area contributed by atoms with Crippen molar-refractivity contribution in [2.45, 2.75) is 142 Å². The van der Waals surface area contributed by atoms with Gasteiger partial charge in [-0.3, -0.25) is 28.9 Å². The Morgan fingerprint density at radius 2 is 1.18 bits per heavy atom. The molecule has 2 amide bonds. The minimum atomic E-state index is -5.08. The van der Waals surface area contributed by atoms with Gasteiger partial charge in [0.1, 0.15) is 11.6 Å². The number of fused-ring (bicyclic) bond motifs is 4. The second kappa shape index (κ2) is 21.7. The Bertz CT molecular complexity index is 3570. The zero-order chi connectivity index (χ0) is 56.3. The second-order valence-corrected chi connectivity index (χ2v) is 23.5. The van der Waals surface area contributed by atoms with Crippen LogP contribution in [0.15, 0.2) is 60.1 Å². The minimum Gasteiger partial charge on any atom is -0.475 e. The Morgan fingerprint density at radius 3 is 1.61 bits per heavy atom. The van der Waals surface area contributed by atoms with E-state index >= 15 is 0 Å². The molecule has 1 N–H and O–H groups in total. The van der Waals surface area contributed by atoms with Gasteiger partial charge in [0.15, 0.2) is 0 Å². The predicted octanol–water partition coefficient (Wildman–Crippen LogP) is 9.64. The van der Waals surface area contributed by atoms with Crippen molar-refractivity contribution in [1.82, 2.24) is 58.4 Å². The van der Waals surface area contributed by atoms with Crippen LogP contribution in [0.5, 0.6) is 0 Å². The summed E-state index contributed by atoms with van der Waals surface area (Å²) in [5.41, 5.74) is 10.1. The largest absolute Gasteiger partial charge is 0.498 e. The number of carboxylic acids is 1. The summed E-state index contributed by atoms with van der Waals surface area (Å²) in [7, 11) is 3.50. The molecule has 416 valence electrons. The number of amides is 2. The van der Waals surface area contributed by atoms with E-state index in [1.807, 2.05) is 103 Å². The highest BCUT2D eigenvalue weighted by atomic mass is 32.1. The van der Waals surface area contributed by atoms with E-state index in [-0.39, 0.29) is 30.1 Å². The number of thiophene rings is 2. The quantitative estimate of drug-likeness (QED) is 0.142. The maximum Gasteiger partial charge on any atom is 0.498 e. The minimum absolute atomic E-state index is 0.212. The second-order valence-electron chi connectivity index (χ2n) is 21.6. The Labute approximate surface area is 463 Å². The molecule has 2 aliphatic carbocycles. The van der Waals surface area contributed by atoms with Crippen LogP contribution in [0, 0.1) is 6.92 Å². The van der Waals surface area contributed by atoms with Crippen LogP contribution < -0.4 is 5.46 Å². The maximum atomic E-state index is 12.4. The molecule has 24 heteroatoms. The topological polar surface area (TPSA) is 193 Å². The first-order chi connectivity index (χ1) is 37.5. The van der Waals surface area contributed by atoms with Gasteiger partial charge in [-0.1, -0.05) is 13.8 Å². The molecule has 11 heterocycles. The van der Waals surface area contributed by atoms with Crippen molar-refractivity contribution in [3.05, 3.63) is 88.8 Å². The number of carbonyl (C=O) groups excluding carboxylic acids is 2. The number of alkyl halides is 3. The number of pyridine rings is 2. The average molecular weight is 1120 g/mol. The molecule has 5 aliphatic rings. The molecular formula is C55H64BF3N12O6S2. The third-order valence-corrected chi connectivity index (χ3v) is 17.2. The smallest absolute Gasteiger partial charge is 0.475 e. The summed E-state index contributed by atoms with van der Waals surface area (Å²) in [6.07, 6.45) is 12.4. The van der Waals surface area contributed by atoms with Crippen LogP contribution in [-0.2, 0) is 64.0 Å². The number of aromatic nitrogens is 10. The average Bonchev–Trinajstić information content (AvgIpc) is 4.09. The number of hydrogen-bond acceptors (Lipinski definition) is 13. The molecule has 0 spiro atoms. The fourth-order valence-electron chi connectivity index (χ4n) is 9.96. The number of rotatable bonds is 8. The lowest BCUT2D eigenvalue weighted by Gasteiger charge is -2.32. The molecule has 3 fully saturated rings. The number of carboxylic acid groups (broad SMARTS) is 1. The molecular weight excluding hydrogens is 1060 g/mol. The van der Waals surface area contributed by atoms with Crippen LogP contribution in [0.4, 0.5) is 13.2 Å². The normalized spacial score (nSPS) is 17.3. The Morgan fingerprint density at radius 1 is 0.709 bits per heavy atom. The van der Waals surface area contributed by atoms with Crippen molar-refractivity contribution in [2.24, 2.45) is 14.1 Å². The lowest BCUT2D eigenvalue weighted by atomic mass is 9.82. The first kappa shape index (κ1) is 55.6. The number of aliphatic carboxylic acids is 1. The van der Waals surface area contributed by atoms with E-state index < -0.39 is 12.1 Å². The molecule has 0 bridgehead atoms. The molecule has 0 unspecified atom stereocenters. The van der Waals surface area contributed by atoms with Gasteiger partial charge in [-0.05, 0) is 72.4 Å². The van der Waals surface area contributed by atoms with E-state index in [1.165, 1.54) is 69.1 Å². The number of imidazole rings is 2. The van der Waals surface area contributed by atoms with E-state index in [1.54, 1.807) is 38.2 Å². The van der Waals surface area contributed by atoms with Gasteiger partial charge in [0.2, 0.25) is 11.8 Å². The molecule has 2 saturated carbocycles. The molecule has 1 saturated heterocycles. The van der Waals surface area contributed by atoms with Crippen LogP contribution >= 0.6 is 22.7 Å². The molecule has 0 radical (unpaired) electrons. The summed E-state index contributed by atoms with van der Waals surface area (Å²) in [4.78, 5) is 57.0. The van der Waals surface area contributed by atoms with Crippen molar-refractivity contribution in [3.63, 3.8) is 0 Å².